The van der Waals surface area contributed by atoms with E-state index in [1.165, 1.54) is 4.90 Å². The molecular formula is C20H19ClN4O3. The zero-order chi connectivity index (χ0) is 19.5. The Bertz CT molecular complexity index is 999. The molecule has 1 unspecified atom stereocenters. The van der Waals surface area contributed by atoms with E-state index in [4.69, 9.17) is 21.1 Å². The molecule has 1 fully saturated rings. The Hall–Kier alpha value is -3.06. The van der Waals surface area contributed by atoms with Gasteiger partial charge in [-0.3, -0.25) is 0 Å². The third-order valence-electron chi connectivity index (χ3n) is 4.45. The fraction of sp³-hybridized carbons (Fsp3) is 0.250. The van der Waals surface area contributed by atoms with Crippen molar-refractivity contribution in [3.8, 4) is 5.88 Å². The van der Waals surface area contributed by atoms with Crippen molar-refractivity contribution in [3.63, 3.8) is 0 Å². The number of halogens is 1. The van der Waals surface area contributed by atoms with Crippen LogP contribution in [0, 0.1) is 0 Å². The number of hydrogen-bond donors (Lipinski definition) is 1. The molecule has 1 amide bonds. The molecule has 2 aromatic heterocycles. The normalized spacial score (nSPS) is 16.3. The maximum atomic E-state index is 11.5. The Kier molecular flexibility index (Phi) is 5.16. The Morgan fingerprint density at radius 3 is 2.89 bits per heavy atom. The number of likely N-dealkylation sites (N-methyl/N-ethyl adjacent to an activating group) is 1. The van der Waals surface area contributed by atoms with E-state index in [0.717, 1.165) is 16.6 Å². The van der Waals surface area contributed by atoms with E-state index in [-0.39, 0.29) is 18.8 Å². The number of pyridine rings is 2. The molecule has 0 saturated carbocycles. The number of nitrogens with one attached hydrogen (secondary N) is 1. The number of ether oxygens (including phenoxy) is 2. The van der Waals surface area contributed by atoms with Crippen molar-refractivity contribution >= 4 is 34.3 Å². The average Bonchev–Trinajstić information content (AvgIpc) is 3.03. The van der Waals surface area contributed by atoms with Crippen molar-refractivity contribution in [2.75, 3.05) is 25.5 Å². The van der Waals surface area contributed by atoms with Crippen LogP contribution in [0.4, 0.5) is 10.5 Å². The summed E-state index contributed by atoms with van der Waals surface area (Å²) in [5.41, 5.74) is 2.56. The maximum absolute atomic E-state index is 11.5. The van der Waals surface area contributed by atoms with Gasteiger partial charge in [0.2, 0.25) is 5.88 Å². The predicted octanol–water partition coefficient (Wildman–Crippen LogP) is 3.72. The smallest absolute Gasteiger partial charge is 0.410 e. The number of cyclic esters (lactones) is 1. The first-order valence-corrected chi connectivity index (χ1v) is 9.25. The molecule has 3 aromatic rings. The highest BCUT2D eigenvalue weighted by atomic mass is 35.5. The topological polar surface area (TPSA) is 76.6 Å². The van der Waals surface area contributed by atoms with Gasteiger partial charge in [-0.25, -0.2) is 14.8 Å². The lowest BCUT2D eigenvalue weighted by atomic mass is 10.2. The molecule has 0 aliphatic carbocycles. The molecule has 0 radical (unpaired) electrons. The van der Waals surface area contributed by atoms with Crippen LogP contribution in [0.5, 0.6) is 5.88 Å². The molecule has 4 rings (SSSR count). The predicted molar refractivity (Wildman–Crippen MR) is 107 cm³/mol. The van der Waals surface area contributed by atoms with Crippen LogP contribution >= 0.6 is 11.6 Å². The van der Waals surface area contributed by atoms with Gasteiger partial charge in [-0.2, -0.15) is 0 Å². The summed E-state index contributed by atoms with van der Waals surface area (Å²) in [6.07, 6.45) is 0.964. The number of rotatable bonds is 6. The fourth-order valence-electron chi connectivity index (χ4n) is 3.05. The highest BCUT2D eigenvalue weighted by molar-refractivity contribution is 6.30. The Morgan fingerprint density at radius 1 is 1.32 bits per heavy atom. The molecule has 0 spiro atoms. The summed E-state index contributed by atoms with van der Waals surface area (Å²) in [6.45, 7) is 1.32. The summed E-state index contributed by atoms with van der Waals surface area (Å²) < 4.78 is 11.0. The van der Waals surface area contributed by atoms with Gasteiger partial charge in [-0.1, -0.05) is 41.9 Å². The number of aromatic nitrogens is 2. The van der Waals surface area contributed by atoms with Gasteiger partial charge in [0.25, 0.3) is 0 Å². The van der Waals surface area contributed by atoms with E-state index in [1.54, 1.807) is 19.3 Å². The molecule has 1 aliphatic heterocycles. The van der Waals surface area contributed by atoms with Crippen LogP contribution in [-0.4, -0.2) is 47.3 Å². The Morgan fingerprint density at radius 2 is 2.14 bits per heavy atom. The average molecular weight is 399 g/mol. The third-order valence-corrected chi connectivity index (χ3v) is 4.64. The van der Waals surface area contributed by atoms with E-state index >= 15 is 0 Å². The molecule has 3 heterocycles. The molecule has 8 heteroatoms. The third kappa shape index (κ3) is 3.94. The molecule has 28 heavy (non-hydrogen) atoms. The molecule has 1 atom stereocenters. The summed E-state index contributed by atoms with van der Waals surface area (Å²) in [4.78, 5) is 21.7. The maximum Gasteiger partial charge on any atom is 0.410 e. The van der Waals surface area contributed by atoms with Crippen LogP contribution < -0.4 is 10.1 Å². The lowest BCUT2D eigenvalue weighted by molar-refractivity contribution is 0.102. The van der Waals surface area contributed by atoms with Gasteiger partial charge < -0.3 is 19.7 Å². The summed E-state index contributed by atoms with van der Waals surface area (Å²) in [5, 5.41) is 4.59. The molecule has 144 valence electrons. The second-order valence-electron chi connectivity index (χ2n) is 6.54. The first-order chi connectivity index (χ1) is 13.6. The fourth-order valence-corrected chi connectivity index (χ4v) is 3.24. The van der Waals surface area contributed by atoms with Crippen molar-refractivity contribution in [1.82, 2.24) is 14.9 Å². The van der Waals surface area contributed by atoms with Gasteiger partial charge >= 0.3 is 6.09 Å². The Labute approximate surface area is 167 Å². The van der Waals surface area contributed by atoms with Crippen LogP contribution in [-0.2, 0) is 11.3 Å². The number of carbonyl (C=O) groups excluding carboxylic acids is 1. The molecule has 1 saturated heterocycles. The highest BCUT2D eigenvalue weighted by Gasteiger charge is 2.29. The monoisotopic (exact) mass is 398 g/mol. The summed E-state index contributed by atoms with van der Waals surface area (Å²) in [5.74, 6) is 0.355. The van der Waals surface area contributed by atoms with E-state index in [1.807, 2.05) is 36.4 Å². The zero-order valence-corrected chi connectivity index (χ0v) is 16.0. The van der Waals surface area contributed by atoms with E-state index in [0.29, 0.717) is 29.6 Å². The molecule has 1 aromatic carbocycles. The minimum atomic E-state index is -0.354. The lowest BCUT2D eigenvalue weighted by Gasteiger charge is -2.14. The number of carbonyl (C=O) groups is 1. The van der Waals surface area contributed by atoms with Crippen molar-refractivity contribution in [2.24, 2.45) is 0 Å². The van der Waals surface area contributed by atoms with Crippen LogP contribution in [0.25, 0.3) is 10.9 Å². The molecule has 1 N–H and O–H groups in total. The molecule has 7 nitrogen and oxygen atoms in total. The van der Waals surface area contributed by atoms with Gasteiger partial charge in [-0.05, 0) is 17.7 Å². The standard InChI is InChI=1S/C20H19ClN4O3/c1-25-11-14(28-20(25)26)12-27-19-18-15(7-8-22-19)16(9-17(21)24-18)23-10-13-5-3-2-4-6-13/h2-9,14H,10-12H2,1H3,(H,23,24). The van der Waals surface area contributed by atoms with Crippen molar-refractivity contribution in [2.45, 2.75) is 12.6 Å². The number of hydrogen-bond acceptors (Lipinski definition) is 6. The largest absolute Gasteiger partial charge is 0.472 e. The van der Waals surface area contributed by atoms with Gasteiger partial charge in [0, 0.05) is 30.9 Å². The number of fused-ring (bicyclic) bond motifs is 1. The van der Waals surface area contributed by atoms with Crippen molar-refractivity contribution in [1.29, 1.82) is 0 Å². The van der Waals surface area contributed by atoms with Crippen molar-refractivity contribution in [3.05, 3.63) is 59.4 Å². The summed E-state index contributed by atoms with van der Waals surface area (Å²) in [7, 11) is 1.69. The SMILES string of the molecule is CN1CC(COc2nccc3c(NCc4ccccc4)cc(Cl)nc23)OC1=O. The zero-order valence-electron chi connectivity index (χ0n) is 15.3. The first kappa shape index (κ1) is 18.3. The van der Waals surface area contributed by atoms with Crippen LogP contribution in [0.3, 0.4) is 0 Å². The minimum absolute atomic E-state index is 0.198. The van der Waals surface area contributed by atoms with Crippen LogP contribution in [0.1, 0.15) is 5.56 Å². The highest BCUT2D eigenvalue weighted by Crippen LogP contribution is 2.30. The second-order valence-corrected chi connectivity index (χ2v) is 6.93. The number of benzene rings is 1. The van der Waals surface area contributed by atoms with E-state index in [2.05, 4.69) is 15.3 Å². The first-order valence-electron chi connectivity index (χ1n) is 8.88. The summed E-state index contributed by atoms with van der Waals surface area (Å²) >= 11 is 6.23. The van der Waals surface area contributed by atoms with Gasteiger partial charge in [-0.15, -0.1) is 0 Å². The van der Waals surface area contributed by atoms with Gasteiger partial charge in [0.1, 0.15) is 17.3 Å². The number of nitrogens with zero attached hydrogens (tertiary/aromatic N) is 3. The molecule has 0 bridgehead atoms. The quantitative estimate of drug-likeness (QED) is 0.637. The van der Waals surface area contributed by atoms with Crippen LogP contribution in [0.2, 0.25) is 5.15 Å². The van der Waals surface area contributed by atoms with Crippen LogP contribution in [0.15, 0.2) is 48.7 Å². The summed E-state index contributed by atoms with van der Waals surface area (Å²) in [6, 6.07) is 13.7. The molecular weight excluding hydrogens is 380 g/mol. The van der Waals surface area contributed by atoms with E-state index in [9.17, 15) is 4.79 Å². The number of amides is 1. The molecule has 1 aliphatic rings. The Balaban J connectivity index is 1.55. The second kappa shape index (κ2) is 7.90. The van der Waals surface area contributed by atoms with Gasteiger partial charge in [0.05, 0.1) is 6.54 Å². The minimum Gasteiger partial charge on any atom is -0.472 e. The number of anilines is 1. The lowest BCUT2D eigenvalue weighted by Crippen LogP contribution is -2.23. The van der Waals surface area contributed by atoms with Crippen molar-refractivity contribution < 1.29 is 14.3 Å². The van der Waals surface area contributed by atoms with Gasteiger partial charge in [0.15, 0.2) is 6.10 Å². The van der Waals surface area contributed by atoms with E-state index < -0.39 is 0 Å².